The van der Waals surface area contributed by atoms with Crippen LogP contribution in [-0.4, -0.2) is 78.9 Å². The Balaban J connectivity index is 2.04. The summed E-state index contributed by atoms with van der Waals surface area (Å²) < 4.78 is 10.8. The Bertz CT molecular complexity index is 221. The quantitative estimate of drug-likeness (QED) is 0.510. The van der Waals surface area contributed by atoms with Crippen LogP contribution >= 0.6 is 0 Å². The van der Waals surface area contributed by atoms with E-state index in [0.29, 0.717) is 19.8 Å². The van der Waals surface area contributed by atoms with Gasteiger partial charge in [-0.15, -0.1) is 0 Å². The minimum absolute atomic E-state index is 0.119. The van der Waals surface area contributed by atoms with E-state index >= 15 is 0 Å². The zero-order chi connectivity index (χ0) is 11.5. The van der Waals surface area contributed by atoms with Crippen LogP contribution in [0, 0.1) is 0 Å². The number of hydrogen-bond acceptors (Lipinski definition) is 6. The zero-order valence-corrected chi connectivity index (χ0v) is 9.29. The molecule has 2 aliphatic rings. The van der Waals surface area contributed by atoms with Gasteiger partial charge in [-0.2, -0.15) is 0 Å². The summed E-state index contributed by atoms with van der Waals surface area (Å²) >= 11 is 0. The Morgan fingerprint density at radius 3 is 2.50 bits per heavy atom. The highest BCUT2D eigenvalue weighted by atomic mass is 16.5. The standard InChI is InChI=1S/C10H20N2O4/c11-5-7-9(10(14)8(6-13)16-7)12-1-3-15-4-2-12/h7-10,13-14H,1-6,11H2/t7-,8+,9+,10-/m0/s1. The van der Waals surface area contributed by atoms with Gasteiger partial charge < -0.3 is 25.4 Å². The van der Waals surface area contributed by atoms with Crippen LogP contribution in [0.25, 0.3) is 0 Å². The predicted molar refractivity (Wildman–Crippen MR) is 57.0 cm³/mol. The first-order chi connectivity index (χ1) is 7.77. The second kappa shape index (κ2) is 5.39. The summed E-state index contributed by atoms with van der Waals surface area (Å²) in [6, 6.07) is -0.119. The molecule has 0 saturated carbocycles. The monoisotopic (exact) mass is 232 g/mol. The molecular formula is C10H20N2O4. The van der Waals surface area contributed by atoms with E-state index in [1.165, 1.54) is 0 Å². The number of hydrogen-bond donors (Lipinski definition) is 3. The van der Waals surface area contributed by atoms with E-state index in [1.807, 2.05) is 0 Å². The first kappa shape index (κ1) is 12.2. The lowest BCUT2D eigenvalue weighted by atomic mass is 10.0. The van der Waals surface area contributed by atoms with Crippen molar-refractivity contribution in [2.45, 2.75) is 24.4 Å². The molecule has 0 aromatic heterocycles. The highest BCUT2D eigenvalue weighted by Crippen LogP contribution is 2.25. The van der Waals surface area contributed by atoms with Crippen LogP contribution in [0.1, 0.15) is 0 Å². The molecule has 2 heterocycles. The maximum Gasteiger partial charge on any atom is 0.109 e. The van der Waals surface area contributed by atoms with Crippen LogP contribution in [0.4, 0.5) is 0 Å². The molecule has 0 unspecified atom stereocenters. The van der Waals surface area contributed by atoms with Crippen LogP contribution in [0.5, 0.6) is 0 Å². The lowest BCUT2D eigenvalue weighted by Crippen LogP contribution is -2.53. The third-order valence-corrected chi connectivity index (χ3v) is 3.34. The van der Waals surface area contributed by atoms with Gasteiger partial charge in [-0.25, -0.2) is 0 Å². The van der Waals surface area contributed by atoms with E-state index in [9.17, 15) is 5.11 Å². The number of aliphatic hydroxyl groups excluding tert-OH is 2. The van der Waals surface area contributed by atoms with Crippen molar-refractivity contribution in [3.8, 4) is 0 Å². The molecule has 2 aliphatic heterocycles. The summed E-state index contributed by atoms with van der Waals surface area (Å²) in [5.41, 5.74) is 5.63. The average molecular weight is 232 g/mol. The van der Waals surface area contributed by atoms with Crippen molar-refractivity contribution in [1.82, 2.24) is 4.90 Å². The van der Waals surface area contributed by atoms with Gasteiger partial charge in [0.05, 0.1) is 32.0 Å². The van der Waals surface area contributed by atoms with E-state index in [0.717, 1.165) is 13.1 Å². The normalized spacial score (nSPS) is 41.4. The van der Waals surface area contributed by atoms with Gasteiger partial charge in [-0.1, -0.05) is 0 Å². The fraction of sp³-hybridized carbons (Fsp3) is 1.00. The fourth-order valence-electron chi connectivity index (χ4n) is 2.50. The number of aliphatic hydroxyl groups is 2. The number of rotatable bonds is 3. The second-order valence-corrected chi connectivity index (χ2v) is 4.26. The molecule has 0 amide bonds. The van der Waals surface area contributed by atoms with E-state index in [2.05, 4.69) is 4.90 Å². The third kappa shape index (κ3) is 2.22. The number of ether oxygens (including phenoxy) is 2. The molecule has 4 atom stereocenters. The summed E-state index contributed by atoms with van der Waals surface area (Å²) in [6.07, 6.45) is -1.39. The first-order valence-electron chi connectivity index (χ1n) is 5.74. The molecule has 0 bridgehead atoms. The van der Waals surface area contributed by atoms with Gasteiger partial charge in [-0.3, -0.25) is 4.90 Å². The van der Waals surface area contributed by atoms with Crippen molar-refractivity contribution >= 4 is 0 Å². The van der Waals surface area contributed by atoms with Crippen LogP contribution in [0.2, 0.25) is 0 Å². The molecule has 4 N–H and O–H groups in total. The molecule has 0 aliphatic carbocycles. The SMILES string of the molecule is NC[C@@H]1O[C@H](CO)[C@H](O)[C@@H]1N1CCOCC1. The molecule has 0 radical (unpaired) electrons. The Kier molecular flexibility index (Phi) is 4.12. The highest BCUT2D eigenvalue weighted by Gasteiger charge is 2.45. The van der Waals surface area contributed by atoms with Gasteiger partial charge in [0.2, 0.25) is 0 Å². The largest absolute Gasteiger partial charge is 0.394 e. The lowest BCUT2D eigenvalue weighted by Gasteiger charge is -2.35. The molecule has 2 fully saturated rings. The van der Waals surface area contributed by atoms with E-state index < -0.39 is 12.2 Å². The van der Waals surface area contributed by atoms with Crippen LogP contribution in [0.3, 0.4) is 0 Å². The molecule has 94 valence electrons. The van der Waals surface area contributed by atoms with Crippen molar-refractivity contribution in [2.24, 2.45) is 5.73 Å². The van der Waals surface area contributed by atoms with Gasteiger partial charge in [0, 0.05) is 19.6 Å². The topological polar surface area (TPSA) is 88.2 Å². The van der Waals surface area contributed by atoms with Gasteiger partial charge in [0.15, 0.2) is 0 Å². The average Bonchev–Trinajstić information content (AvgIpc) is 2.66. The summed E-state index contributed by atoms with van der Waals surface area (Å²) in [5.74, 6) is 0. The van der Waals surface area contributed by atoms with Gasteiger partial charge in [0.25, 0.3) is 0 Å². The van der Waals surface area contributed by atoms with Crippen molar-refractivity contribution in [3.05, 3.63) is 0 Å². The number of nitrogens with two attached hydrogens (primary N) is 1. The number of morpholine rings is 1. The van der Waals surface area contributed by atoms with E-state index in [4.69, 9.17) is 20.3 Å². The molecule has 0 aromatic rings. The molecule has 16 heavy (non-hydrogen) atoms. The van der Waals surface area contributed by atoms with E-state index in [1.54, 1.807) is 0 Å². The smallest absolute Gasteiger partial charge is 0.109 e. The molecule has 0 spiro atoms. The zero-order valence-electron chi connectivity index (χ0n) is 9.29. The second-order valence-electron chi connectivity index (χ2n) is 4.26. The van der Waals surface area contributed by atoms with Crippen molar-refractivity contribution in [2.75, 3.05) is 39.5 Å². The Hall–Kier alpha value is -0.240. The van der Waals surface area contributed by atoms with Gasteiger partial charge in [-0.05, 0) is 0 Å². The molecule has 2 rings (SSSR count). The summed E-state index contributed by atoms with van der Waals surface area (Å²) in [7, 11) is 0. The molecular weight excluding hydrogens is 212 g/mol. The summed E-state index contributed by atoms with van der Waals surface area (Å²) in [5, 5.41) is 19.2. The summed E-state index contributed by atoms with van der Waals surface area (Å²) in [6.45, 7) is 3.09. The maximum absolute atomic E-state index is 10.1. The minimum Gasteiger partial charge on any atom is -0.394 e. The highest BCUT2D eigenvalue weighted by molar-refractivity contribution is 4.97. The van der Waals surface area contributed by atoms with Crippen LogP contribution in [-0.2, 0) is 9.47 Å². The summed E-state index contributed by atoms with van der Waals surface area (Å²) in [4.78, 5) is 2.14. The van der Waals surface area contributed by atoms with Crippen LogP contribution < -0.4 is 5.73 Å². The van der Waals surface area contributed by atoms with Crippen molar-refractivity contribution in [3.63, 3.8) is 0 Å². The minimum atomic E-state index is -0.670. The van der Waals surface area contributed by atoms with Gasteiger partial charge >= 0.3 is 0 Å². The van der Waals surface area contributed by atoms with Crippen molar-refractivity contribution < 1.29 is 19.7 Å². The maximum atomic E-state index is 10.1. The van der Waals surface area contributed by atoms with Crippen molar-refractivity contribution in [1.29, 1.82) is 0 Å². The number of nitrogens with zero attached hydrogens (tertiary/aromatic N) is 1. The van der Waals surface area contributed by atoms with Crippen LogP contribution in [0.15, 0.2) is 0 Å². The van der Waals surface area contributed by atoms with E-state index in [-0.39, 0.29) is 18.8 Å². The lowest BCUT2D eigenvalue weighted by molar-refractivity contribution is -0.0197. The van der Waals surface area contributed by atoms with Gasteiger partial charge in [0.1, 0.15) is 12.2 Å². The molecule has 0 aromatic carbocycles. The Morgan fingerprint density at radius 1 is 1.25 bits per heavy atom. The Labute approximate surface area is 94.9 Å². The molecule has 2 saturated heterocycles. The molecule has 6 heteroatoms. The predicted octanol–water partition coefficient (Wildman–Crippen LogP) is -2.23. The Morgan fingerprint density at radius 2 is 1.94 bits per heavy atom. The third-order valence-electron chi connectivity index (χ3n) is 3.34. The first-order valence-corrected chi connectivity index (χ1v) is 5.74. The molecule has 6 nitrogen and oxygen atoms in total. The fourth-order valence-corrected chi connectivity index (χ4v) is 2.50.